The highest BCUT2D eigenvalue weighted by atomic mass is 79.9. The number of piperidine rings is 1. The Morgan fingerprint density at radius 3 is 3.00 bits per heavy atom. The lowest BCUT2D eigenvalue weighted by atomic mass is 9.96. The van der Waals surface area contributed by atoms with Gasteiger partial charge in [0.05, 0.1) is 0 Å². The smallest absolute Gasteiger partial charge is 0.138 e. The molecule has 94 valence electrons. The molecule has 1 unspecified atom stereocenters. The second-order valence-electron chi connectivity index (χ2n) is 4.57. The van der Waals surface area contributed by atoms with Crippen LogP contribution in [0.5, 0.6) is 0 Å². The van der Waals surface area contributed by atoms with Gasteiger partial charge in [-0.1, -0.05) is 0 Å². The van der Waals surface area contributed by atoms with Crippen molar-refractivity contribution in [3.8, 4) is 5.82 Å². The molecule has 0 aromatic carbocycles. The van der Waals surface area contributed by atoms with Crippen LogP contribution in [0.1, 0.15) is 24.5 Å². The highest BCUT2D eigenvalue weighted by Crippen LogP contribution is 2.24. The maximum atomic E-state index is 4.43. The average Bonchev–Trinajstić information content (AvgIpc) is 2.90. The SMILES string of the molecule is Brc1ccc(-n2cncc2C2CCCNC2)nc1. The molecule has 2 aromatic heterocycles. The summed E-state index contributed by atoms with van der Waals surface area (Å²) in [5.74, 6) is 1.46. The van der Waals surface area contributed by atoms with Gasteiger partial charge in [-0.3, -0.25) is 4.57 Å². The summed E-state index contributed by atoms with van der Waals surface area (Å²) in [6.45, 7) is 2.16. The van der Waals surface area contributed by atoms with Crippen LogP contribution in [0.2, 0.25) is 0 Å². The third-order valence-corrected chi connectivity index (χ3v) is 3.81. The van der Waals surface area contributed by atoms with Gasteiger partial charge in [-0.25, -0.2) is 9.97 Å². The van der Waals surface area contributed by atoms with E-state index >= 15 is 0 Å². The van der Waals surface area contributed by atoms with Gasteiger partial charge in [0.1, 0.15) is 12.1 Å². The number of nitrogens with zero attached hydrogens (tertiary/aromatic N) is 3. The number of nitrogens with one attached hydrogen (secondary N) is 1. The van der Waals surface area contributed by atoms with Crippen LogP contribution in [0.4, 0.5) is 0 Å². The van der Waals surface area contributed by atoms with E-state index in [4.69, 9.17) is 0 Å². The fourth-order valence-corrected chi connectivity index (χ4v) is 2.65. The fourth-order valence-electron chi connectivity index (χ4n) is 2.41. The summed E-state index contributed by atoms with van der Waals surface area (Å²) < 4.78 is 3.08. The molecule has 0 radical (unpaired) electrons. The first-order valence-electron chi connectivity index (χ1n) is 6.19. The van der Waals surface area contributed by atoms with Gasteiger partial charge in [-0.15, -0.1) is 0 Å². The lowest BCUT2D eigenvalue weighted by Gasteiger charge is -2.23. The molecule has 5 heteroatoms. The van der Waals surface area contributed by atoms with Crippen LogP contribution in [0.3, 0.4) is 0 Å². The number of halogens is 1. The summed E-state index contributed by atoms with van der Waals surface area (Å²) in [5.41, 5.74) is 1.25. The summed E-state index contributed by atoms with van der Waals surface area (Å²) in [6, 6.07) is 4.01. The zero-order valence-electron chi connectivity index (χ0n) is 10.0. The number of imidazole rings is 1. The summed E-state index contributed by atoms with van der Waals surface area (Å²) >= 11 is 3.41. The average molecular weight is 307 g/mol. The Labute approximate surface area is 115 Å². The standard InChI is InChI=1S/C13H15BrN4/c14-11-3-4-13(17-7-11)18-9-16-8-12(18)10-2-1-5-15-6-10/h3-4,7-10,15H,1-2,5-6H2. The molecule has 4 nitrogen and oxygen atoms in total. The number of hydrogen-bond donors (Lipinski definition) is 1. The Morgan fingerprint density at radius 1 is 1.33 bits per heavy atom. The molecule has 0 amide bonds. The van der Waals surface area contributed by atoms with Crippen molar-refractivity contribution < 1.29 is 0 Å². The van der Waals surface area contributed by atoms with Gasteiger partial charge in [0, 0.05) is 35.0 Å². The quantitative estimate of drug-likeness (QED) is 0.927. The first-order chi connectivity index (χ1) is 8.84. The Bertz CT molecular complexity index is 514. The van der Waals surface area contributed by atoms with Crippen LogP contribution in [0, 0.1) is 0 Å². The third-order valence-electron chi connectivity index (χ3n) is 3.34. The first kappa shape index (κ1) is 11.9. The summed E-state index contributed by atoms with van der Waals surface area (Å²) in [4.78, 5) is 8.71. The predicted octanol–water partition coefficient (Wildman–Crippen LogP) is 2.50. The van der Waals surface area contributed by atoms with Crippen molar-refractivity contribution in [2.45, 2.75) is 18.8 Å². The van der Waals surface area contributed by atoms with E-state index in [9.17, 15) is 0 Å². The topological polar surface area (TPSA) is 42.7 Å². The number of hydrogen-bond acceptors (Lipinski definition) is 3. The lowest BCUT2D eigenvalue weighted by molar-refractivity contribution is 0.450. The number of rotatable bonds is 2. The Hall–Kier alpha value is -1.20. The minimum absolute atomic E-state index is 0.534. The lowest BCUT2D eigenvalue weighted by Crippen LogP contribution is -2.29. The van der Waals surface area contributed by atoms with Crippen LogP contribution >= 0.6 is 15.9 Å². The molecule has 2 aromatic rings. The van der Waals surface area contributed by atoms with Crippen molar-refractivity contribution in [1.82, 2.24) is 19.9 Å². The second-order valence-corrected chi connectivity index (χ2v) is 5.48. The van der Waals surface area contributed by atoms with Gasteiger partial charge < -0.3 is 5.32 Å². The molecule has 1 fully saturated rings. The maximum absolute atomic E-state index is 4.43. The van der Waals surface area contributed by atoms with Gasteiger partial charge in [-0.05, 0) is 47.4 Å². The fraction of sp³-hybridized carbons (Fsp3) is 0.385. The monoisotopic (exact) mass is 306 g/mol. The van der Waals surface area contributed by atoms with E-state index in [2.05, 4.69) is 35.8 Å². The summed E-state index contributed by atoms with van der Waals surface area (Å²) in [5, 5.41) is 3.44. The number of pyridine rings is 1. The molecule has 1 aliphatic rings. The van der Waals surface area contributed by atoms with Crippen molar-refractivity contribution in [2.24, 2.45) is 0 Å². The molecule has 1 aliphatic heterocycles. The highest BCUT2D eigenvalue weighted by molar-refractivity contribution is 9.10. The van der Waals surface area contributed by atoms with Crippen molar-refractivity contribution in [3.05, 3.63) is 41.0 Å². The van der Waals surface area contributed by atoms with Crippen LogP contribution in [0.15, 0.2) is 35.3 Å². The van der Waals surface area contributed by atoms with Crippen LogP contribution in [0.25, 0.3) is 5.82 Å². The minimum Gasteiger partial charge on any atom is -0.316 e. The molecule has 0 saturated carbocycles. The van der Waals surface area contributed by atoms with Crippen LogP contribution in [-0.4, -0.2) is 27.6 Å². The molecule has 0 spiro atoms. The maximum Gasteiger partial charge on any atom is 0.138 e. The van der Waals surface area contributed by atoms with Gasteiger partial charge in [0.2, 0.25) is 0 Å². The predicted molar refractivity (Wildman–Crippen MR) is 73.9 cm³/mol. The Kier molecular flexibility index (Phi) is 3.43. The van der Waals surface area contributed by atoms with E-state index in [0.717, 1.165) is 23.4 Å². The normalized spacial score (nSPS) is 19.9. The molecule has 3 heterocycles. The summed E-state index contributed by atoms with van der Waals surface area (Å²) in [6.07, 6.45) is 8.07. The zero-order valence-corrected chi connectivity index (χ0v) is 11.6. The molecule has 1 saturated heterocycles. The van der Waals surface area contributed by atoms with E-state index in [0.29, 0.717) is 5.92 Å². The molecule has 18 heavy (non-hydrogen) atoms. The van der Waals surface area contributed by atoms with Crippen LogP contribution < -0.4 is 5.32 Å². The van der Waals surface area contributed by atoms with E-state index in [1.165, 1.54) is 18.5 Å². The minimum atomic E-state index is 0.534. The van der Waals surface area contributed by atoms with E-state index in [-0.39, 0.29) is 0 Å². The number of aromatic nitrogens is 3. The molecular weight excluding hydrogens is 292 g/mol. The first-order valence-corrected chi connectivity index (χ1v) is 6.99. The molecule has 0 bridgehead atoms. The van der Waals surface area contributed by atoms with E-state index < -0.39 is 0 Å². The van der Waals surface area contributed by atoms with Gasteiger partial charge in [0.15, 0.2) is 0 Å². The highest BCUT2D eigenvalue weighted by Gasteiger charge is 2.19. The Balaban J connectivity index is 1.93. The molecular formula is C13H15BrN4. The molecule has 1 atom stereocenters. The van der Waals surface area contributed by atoms with E-state index in [1.54, 1.807) is 0 Å². The Morgan fingerprint density at radius 2 is 2.28 bits per heavy atom. The van der Waals surface area contributed by atoms with Gasteiger partial charge in [-0.2, -0.15) is 0 Å². The second kappa shape index (κ2) is 5.20. The van der Waals surface area contributed by atoms with Gasteiger partial charge >= 0.3 is 0 Å². The van der Waals surface area contributed by atoms with Crippen molar-refractivity contribution in [1.29, 1.82) is 0 Å². The zero-order chi connectivity index (χ0) is 12.4. The molecule has 0 aliphatic carbocycles. The van der Waals surface area contributed by atoms with E-state index in [1.807, 2.05) is 30.9 Å². The van der Waals surface area contributed by atoms with Crippen molar-refractivity contribution in [3.63, 3.8) is 0 Å². The third kappa shape index (κ3) is 2.33. The molecule has 3 rings (SSSR count). The van der Waals surface area contributed by atoms with Crippen molar-refractivity contribution >= 4 is 15.9 Å². The largest absolute Gasteiger partial charge is 0.316 e. The van der Waals surface area contributed by atoms with Crippen LogP contribution in [-0.2, 0) is 0 Å². The van der Waals surface area contributed by atoms with Crippen molar-refractivity contribution in [2.75, 3.05) is 13.1 Å². The molecule has 1 N–H and O–H groups in total. The summed E-state index contributed by atoms with van der Waals surface area (Å²) in [7, 11) is 0. The van der Waals surface area contributed by atoms with Gasteiger partial charge in [0.25, 0.3) is 0 Å².